The lowest BCUT2D eigenvalue weighted by atomic mass is 9.33. The second-order valence-electron chi connectivity index (χ2n) is 33.0. The van der Waals surface area contributed by atoms with Crippen molar-refractivity contribution >= 4 is 106 Å². The van der Waals surface area contributed by atoms with E-state index in [-0.39, 0.29) is 50.0 Å². The third kappa shape index (κ3) is 9.24. The van der Waals surface area contributed by atoms with Crippen LogP contribution in [0.4, 0.5) is 51.2 Å². The van der Waals surface area contributed by atoms with Crippen LogP contribution in [-0.2, 0) is 43.3 Å². The molecule has 2 aliphatic heterocycles. The average molecular weight is 1140 g/mol. The molecular formula is C80H92BN3S. The van der Waals surface area contributed by atoms with Gasteiger partial charge in [-0.2, -0.15) is 0 Å². The molecule has 5 heteroatoms. The van der Waals surface area contributed by atoms with Crippen LogP contribution in [0.1, 0.15) is 208 Å². The molecule has 85 heavy (non-hydrogen) atoms. The number of aryl methyl sites for hydroxylation is 1. The number of anilines is 9. The molecule has 0 spiro atoms. The molecule has 0 N–H and O–H groups in total. The summed E-state index contributed by atoms with van der Waals surface area (Å²) in [6, 6.07) is 56.5. The van der Waals surface area contributed by atoms with Gasteiger partial charge in [0.25, 0.3) is 6.71 Å². The highest BCUT2D eigenvalue weighted by Gasteiger charge is 2.50. The Bertz CT molecular complexity index is 4150. The first-order valence-corrected chi connectivity index (χ1v) is 32.6. The first-order valence-electron chi connectivity index (χ1n) is 31.8. The molecule has 0 unspecified atom stereocenters. The lowest BCUT2D eigenvalue weighted by Crippen LogP contribution is -2.61. The van der Waals surface area contributed by atoms with Crippen LogP contribution in [0.3, 0.4) is 0 Å². The Balaban J connectivity index is 1.16. The quantitative estimate of drug-likeness (QED) is 0.159. The van der Waals surface area contributed by atoms with Gasteiger partial charge >= 0.3 is 0 Å². The predicted molar refractivity (Wildman–Crippen MR) is 374 cm³/mol. The Morgan fingerprint density at radius 3 is 1.42 bits per heavy atom. The lowest BCUT2D eigenvalue weighted by molar-refractivity contribution is 0.332. The summed E-state index contributed by atoms with van der Waals surface area (Å²) >= 11 is 1.96. The third-order valence-corrected chi connectivity index (χ3v) is 21.8. The van der Waals surface area contributed by atoms with Gasteiger partial charge in [0.1, 0.15) is 0 Å². The summed E-state index contributed by atoms with van der Waals surface area (Å²) in [5.41, 5.74) is 27.8. The van der Waals surface area contributed by atoms with E-state index in [9.17, 15) is 0 Å². The SMILES string of the molecule is Cc1cc2c(cc1N1c3cc4c(cc3B3c5ccc(N(c6ccc(C(C)(C)C)cc6)c6ccc(C(C)(C)C)cc6)cc5N(c5cccc6c5sc5cc(C(C)(C)C)ccc56)c5cc(C(C)(C)C)cc1c53)C(C)(C)CC4(C)C)C(C)(C)CCC2(C)C. The van der Waals surface area contributed by atoms with E-state index in [0.717, 1.165) is 29.9 Å². The fourth-order valence-electron chi connectivity index (χ4n) is 15.6. The molecule has 13 rings (SSSR count). The molecule has 0 atom stereocenters. The molecule has 3 nitrogen and oxygen atoms in total. The van der Waals surface area contributed by atoms with Crippen molar-refractivity contribution in [2.45, 2.75) is 208 Å². The topological polar surface area (TPSA) is 9.72 Å². The smallest absolute Gasteiger partial charge is 0.252 e. The van der Waals surface area contributed by atoms with Crippen molar-refractivity contribution in [1.29, 1.82) is 0 Å². The largest absolute Gasteiger partial charge is 0.311 e. The molecule has 2 aliphatic carbocycles. The fraction of sp³-hybridized carbons (Fsp3) is 0.400. The minimum atomic E-state index is -0.177. The summed E-state index contributed by atoms with van der Waals surface area (Å²) < 4.78 is 2.65. The van der Waals surface area contributed by atoms with Crippen molar-refractivity contribution in [2.24, 2.45) is 0 Å². The van der Waals surface area contributed by atoms with Crippen LogP contribution in [0.15, 0.2) is 140 Å². The molecule has 0 amide bonds. The Morgan fingerprint density at radius 2 is 0.871 bits per heavy atom. The zero-order chi connectivity index (χ0) is 60.8. The van der Waals surface area contributed by atoms with Gasteiger partial charge in [-0.15, -0.1) is 11.3 Å². The minimum absolute atomic E-state index is 0.00151. The van der Waals surface area contributed by atoms with Gasteiger partial charge in [-0.3, -0.25) is 0 Å². The molecule has 0 saturated heterocycles. The van der Waals surface area contributed by atoms with Crippen LogP contribution >= 0.6 is 11.3 Å². The summed E-state index contributed by atoms with van der Waals surface area (Å²) in [4.78, 5) is 8.00. The van der Waals surface area contributed by atoms with Crippen molar-refractivity contribution in [3.05, 3.63) is 190 Å². The van der Waals surface area contributed by atoms with Crippen LogP contribution in [0.25, 0.3) is 20.2 Å². The summed E-state index contributed by atoms with van der Waals surface area (Å²) in [5, 5.41) is 2.63. The Kier molecular flexibility index (Phi) is 12.7. The van der Waals surface area contributed by atoms with Crippen molar-refractivity contribution in [3.8, 4) is 0 Å². The van der Waals surface area contributed by atoms with Gasteiger partial charge in [-0.1, -0.05) is 205 Å². The Morgan fingerprint density at radius 1 is 0.400 bits per heavy atom. The number of nitrogens with zero attached hydrogens (tertiary/aromatic N) is 3. The Hall–Kier alpha value is -6.56. The van der Waals surface area contributed by atoms with Crippen LogP contribution < -0.4 is 31.1 Å². The highest BCUT2D eigenvalue weighted by atomic mass is 32.1. The zero-order valence-electron chi connectivity index (χ0n) is 55.2. The van der Waals surface area contributed by atoms with Crippen LogP contribution in [0, 0.1) is 6.92 Å². The molecular weight excluding hydrogens is 1050 g/mol. The van der Waals surface area contributed by atoms with Gasteiger partial charge < -0.3 is 14.7 Å². The van der Waals surface area contributed by atoms with E-state index in [1.54, 1.807) is 0 Å². The van der Waals surface area contributed by atoms with Crippen LogP contribution in [0.5, 0.6) is 0 Å². The highest BCUT2D eigenvalue weighted by Crippen LogP contribution is 2.56. The van der Waals surface area contributed by atoms with Gasteiger partial charge in [0, 0.05) is 61.0 Å². The number of hydrogen-bond acceptors (Lipinski definition) is 4. The van der Waals surface area contributed by atoms with Crippen molar-refractivity contribution < 1.29 is 0 Å². The molecule has 3 heterocycles. The molecule has 8 aromatic carbocycles. The summed E-state index contributed by atoms with van der Waals surface area (Å²) in [7, 11) is 0. The summed E-state index contributed by atoms with van der Waals surface area (Å²) in [5.74, 6) is 0. The van der Waals surface area contributed by atoms with E-state index in [1.807, 2.05) is 11.3 Å². The first kappa shape index (κ1) is 57.5. The van der Waals surface area contributed by atoms with Gasteiger partial charge in [-0.05, 0) is 209 Å². The molecule has 436 valence electrons. The van der Waals surface area contributed by atoms with Gasteiger partial charge in [0.2, 0.25) is 0 Å². The lowest BCUT2D eigenvalue weighted by Gasteiger charge is -2.47. The van der Waals surface area contributed by atoms with E-state index in [2.05, 4.69) is 300 Å². The summed E-state index contributed by atoms with van der Waals surface area (Å²) in [6.45, 7) is 50.4. The zero-order valence-corrected chi connectivity index (χ0v) is 56.0. The molecule has 0 radical (unpaired) electrons. The van der Waals surface area contributed by atoms with Crippen molar-refractivity contribution in [1.82, 2.24) is 0 Å². The average Bonchev–Trinajstić information content (AvgIpc) is 1.52. The van der Waals surface area contributed by atoms with E-state index in [1.165, 1.54) is 127 Å². The predicted octanol–water partition coefficient (Wildman–Crippen LogP) is 21.4. The van der Waals surface area contributed by atoms with Crippen LogP contribution in [-0.4, -0.2) is 6.71 Å². The first-order chi connectivity index (χ1) is 39.5. The molecule has 0 bridgehead atoms. The van der Waals surface area contributed by atoms with E-state index < -0.39 is 0 Å². The standard InChI is InChI=1S/C80H92BN3S/c1-48-39-58-60(78(16,17)38-37-77(58,14)15)45-65(48)84-67-46-61-59(79(18,19)47-80(61,20)21)44-63(67)81-62-36-34-55(82(53-30-25-49(26-31-53)73(2,3)4)54-32-27-50(28-33-54)74(5,6)7)43-66(62)83(68-40-52(76(11,12)13)41-69(84)71(68)81)64-24-22-23-57-56-35-29-51(75(8,9)10)42-70(56)85-72(57)64/h22-36,39-46H,37-38,47H2,1-21H3. The molecule has 4 aliphatic rings. The Labute approximate surface area is 515 Å². The maximum absolute atomic E-state index is 2.77. The molecule has 0 fully saturated rings. The second-order valence-corrected chi connectivity index (χ2v) is 34.1. The number of benzene rings is 8. The van der Waals surface area contributed by atoms with Gasteiger partial charge in [0.05, 0.1) is 10.4 Å². The van der Waals surface area contributed by atoms with Gasteiger partial charge in [-0.25, -0.2) is 0 Å². The molecule has 1 aromatic heterocycles. The minimum Gasteiger partial charge on any atom is -0.311 e. The molecule has 0 saturated carbocycles. The number of thiophene rings is 1. The number of fused-ring (bicyclic) bond motifs is 9. The third-order valence-electron chi connectivity index (χ3n) is 20.6. The van der Waals surface area contributed by atoms with Gasteiger partial charge in [0.15, 0.2) is 0 Å². The molecule has 9 aromatic rings. The fourth-order valence-corrected chi connectivity index (χ4v) is 16.8. The second kappa shape index (κ2) is 18.7. The van der Waals surface area contributed by atoms with E-state index >= 15 is 0 Å². The maximum atomic E-state index is 2.77. The monoisotopic (exact) mass is 1140 g/mol. The normalized spacial score (nSPS) is 17.4. The van der Waals surface area contributed by atoms with E-state index in [0.29, 0.717) is 0 Å². The van der Waals surface area contributed by atoms with Crippen LogP contribution in [0.2, 0.25) is 0 Å². The number of hydrogen-bond donors (Lipinski definition) is 0. The van der Waals surface area contributed by atoms with E-state index in [4.69, 9.17) is 0 Å². The van der Waals surface area contributed by atoms with Crippen molar-refractivity contribution in [3.63, 3.8) is 0 Å². The van der Waals surface area contributed by atoms with Crippen molar-refractivity contribution in [2.75, 3.05) is 14.7 Å². The maximum Gasteiger partial charge on any atom is 0.252 e. The number of rotatable bonds is 5. The summed E-state index contributed by atoms with van der Waals surface area (Å²) in [6.07, 6.45) is 3.45. The highest BCUT2D eigenvalue weighted by molar-refractivity contribution is 7.26.